The number of aryl methyl sites for hydroxylation is 2. The van der Waals surface area contributed by atoms with Gasteiger partial charge in [-0.2, -0.15) is 0 Å². The van der Waals surface area contributed by atoms with E-state index in [9.17, 15) is 0 Å². The van der Waals surface area contributed by atoms with Gasteiger partial charge in [0.2, 0.25) is 0 Å². The molecule has 2 radical (unpaired) electrons. The second-order valence-electron chi connectivity index (χ2n) is 38.8. The quantitative estimate of drug-likeness (QED) is 0.0791. The monoisotopic (exact) mass is 1410 g/mol. The lowest BCUT2D eigenvalue weighted by atomic mass is 9.76. The summed E-state index contributed by atoms with van der Waals surface area (Å²) in [5.74, 6) is -0.544. The smallest absolute Gasteiger partial charge is 0.131 e. The number of rotatable bonds is 14. The fraction of sp³-hybridized carbons (Fsp3) is 0.400. The zero-order valence-corrected chi connectivity index (χ0v) is 70.1. The first-order chi connectivity index (χ1) is 48.4. The SMILES string of the molecule is Cc1cc(C(c2ccc(C(C)(C)C)cc2)c2ccc(C(C)(C)C)cc2)c(N2CCN(c3c(C(c4ccc(C(C)(C)C)cc4)c4ccc(C(C)(C)C)cc4)cc(C)cc3C(c3ccc(C(C)(C)C)cc3)c3ccc(C(C)(C)C)cc3)P2[P])c(C(c2ccc(C(C)(C)C)cc2)c2ccc(C(C)(C)C)cc2)c1. The fourth-order valence-electron chi connectivity index (χ4n) is 15.7. The molecule has 1 saturated heterocycles. The van der Waals surface area contributed by atoms with Crippen LogP contribution in [0.15, 0.2) is 218 Å². The van der Waals surface area contributed by atoms with Crippen LogP contribution in [0.3, 0.4) is 0 Å². The minimum Gasteiger partial charge on any atom is -0.327 e. The van der Waals surface area contributed by atoms with Crippen LogP contribution >= 0.6 is 16.8 Å². The standard InChI is InChI=1S/C100H122N2P2/c1-65-61-83(87(67-27-43-75(44-28-67)93(3,4)5)68-29-45-76(46-30-68)94(6,7)8)91(84(62-65)88(69-31-47-77(48-32-69)95(9,10)11)70-33-49-78(50-34-70)96(12,13)14)101-59-60-102(104(101)103)92-85(89(71-35-51-79(52-36-71)97(15,16)17)72-37-53-80(54-38-72)98(18,19)20)63-66(2)64-86(92)90(73-39-55-81(56-40-73)99(21,22)23)74-41-57-82(58-42-74)100(24,25)26/h27-58,61-64,87-90H,59-60H2,1-26H3. The summed E-state index contributed by atoms with van der Waals surface area (Å²) in [4.78, 5) is 0. The van der Waals surface area contributed by atoms with Gasteiger partial charge in [-0.05, 0) is 168 Å². The summed E-state index contributed by atoms with van der Waals surface area (Å²) in [5.41, 5.74) is 30.9. The summed E-state index contributed by atoms with van der Waals surface area (Å²) in [6.45, 7) is 62.1. The van der Waals surface area contributed by atoms with E-state index in [1.807, 2.05) is 0 Å². The molecule has 104 heavy (non-hydrogen) atoms. The summed E-state index contributed by atoms with van der Waals surface area (Å²) >= 11 is 0. The van der Waals surface area contributed by atoms with Gasteiger partial charge in [0, 0.05) is 57.1 Å². The van der Waals surface area contributed by atoms with Gasteiger partial charge in [0.05, 0.1) is 0 Å². The average Bonchev–Trinajstić information content (AvgIpc) is 1.34. The second kappa shape index (κ2) is 29.1. The minimum atomic E-state index is -1.48. The first-order valence-corrected chi connectivity index (χ1v) is 40.9. The Bertz CT molecular complexity index is 3780. The lowest BCUT2D eigenvalue weighted by Gasteiger charge is -2.38. The topological polar surface area (TPSA) is 6.48 Å². The number of hydrogen-bond acceptors (Lipinski definition) is 2. The third kappa shape index (κ3) is 16.9. The van der Waals surface area contributed by atoms with Crippen molar-refractivity contribution < 1.29 is 0 Å². The highest BCUT2D eigenvalue weighted by Crippen LogP contribution is 2.65. The Hall–Kier alpha value is -7.34. The van der Waals surface area contributed by atoms with E-state index in [4.69, 9.17) is 8.93 Å². The van der Waals surface area contributed by atoms with Crippen molar-refractivity contribution in [2.75, 3.05) is 22.4 Å². The van der Waals surface area contributed by atoms with Crippen LogP contribution in [-0.4, -0.2) is 13.1 Å². The highest BCUT2D eigenvalue weighted by Gasteiger charge is 2.42. The Morgan fingerprint density at radius 3 is 0.471 bits per heavy atom. The summed E-state index contributed by atoms with van der Waals surface area (Å²) in [6, 6.07) is 87.7. The van der Waals surface area contributed by atoms with Crippen molar-refractivity contribution in [3.05, 3.63) is 341 Å². The molecule has 0 aromatic heterocycles. The molecule has 10 aromatic rings. The third-order valence-corrected chi connectivity index (χ3v) is 25.2. The van der Waals surface area contributed by atoms with Crippen molar-refractivity contribution in [2.45, 2.75) is 247 Å². The molecule has 1 fully saturated rings. The van der Waals surface area contributed by atoms with Crippen molar-refractivity contribution in [3.63, 3.8) is 0 Å². The molecule has 2 nitrogen and oxygen atoms in total. The van der Waals surface area contributed by atoms with Crippen LogP contribution in [0.1, 0.15) is 312 Å². The van der Waals surface area contributed by atoms with Crippen LogP contribution in [-0.2, 0) is 43.3 Å². The second-order valence-corrected chi connectivity index (χ2v) is 41.4. The molecular weight excluding hydrogens is 1290 g/mol. The molecule has 0 amide bonds. The van der Waals surface area contributed by atoms with Gasteiger partial charge in [-0.25, -0.2) is 0 Å². The van der Waals surface area contributed by atoms with Crippen molar-refractivity contribution in [1.29, 1.82) is 0 Å². The number of anilines is 2. The van der Waals surface area contributed by atoms with E-state index in [1.54, 1.807) is 0 Å². The molecule has 0 atom stereocenters. The molecule has 0 N–H and O–H groups in total. The normalized spacial score (nSPS) is 14.1. The largest absolute Gasteiger partial charge is 0.327 e. The predicted molar refractivity (Wildman–Crippen MR) is 456 cm³/mol. The van der Waals surface area contributed by atoms with Gasteiger partial charge in [0.25, 0.3) is 0 Å². The van der Waals surface area contributed by atoms with E-state index in [0.29, 0.717) is 0 Å². The third-order valence-electron chi connectivity index (χ3n) is 22.2. The zero-order valence-electron chi connectivity index (χ0n) is 68.3. The number of hydrogen-bond donors (Lipinski definition) is 0. The highest BCUT2D eigenvalue weighted by molar-refractivity contribution is 8.15. The molecule has 0 unspecified atom stereocenters. The molecule has 0 bridgehead atoms. The lowest BCUT2D eigenvalue weighted by Crippen LogP contribution is -2.21. The molecule has 1 aliphatic rings. The van der Waals surface area contributed by atoms with E-state index >= 15 is 0 Å². The fourth-order valence-corrected chi connectivity index (χ4v) is 18.3. The van der Waals surface area contributed by atoms with Crippen molar-refractivity contribution >= 4 is 28.2 Å². The predicted octanol–water partition coefficient (Wildman–Crippen LogP) is 28.4. The van der Waals surface area contributed by atoms with Crippen molar-refractivity contribution in [3.8, 4) is 0 Å². The molecule has 542 valence electrons. The van der Waals surface area contributed by atoms with Crippen LogP contribution in [0.4, 0.5) is 11.4 Å². The molecule has 0 saturated carbocycles. The van der Waals surface area contributed by atoms with Crippen LogP contribution < -0.4 is 9.34 Å². The van der Waals surface area contributed by atoms with E-state index in [1.165, 1.54) is 134 Å². The summed E-state index contributed by atoms with van der Waals surface area (Å²) in [5, 5.41) is 0. The Morgan fingerprint density at radius 2 is 0.356 bits per heavy atom. The van der Waals surface area contributed by atoms with Crippen molar-refractivity contribution in [2.24, 2.45) is 0 Å². The van der Waals surface area contributed by atoms with Crippen molar-refractivity contribution in [1.82, 2.24) is 0 Å². The molecule has 0 aliphatic carbocycles. The maximum Gasteiger partial charge on any atom is 0.131 e. The highest BCUT2D eigenvalue weighted by atomic mass is 32.0. The van der Waals surface area contributed by atoms with Gasteiger partial charge in [-0.3, -0.25) is 0 Å². The van der Waals surface area contributed by atoms with Crippen LogP contribution in [0.2, 0.25) is 0 Å². The zero-order chi connectivity index (χ0) is 75.8. The number of benzene rings is 10. The Labute approximate surface area is 634 Å². The van der Waals surface area contributed by atoms with E-state index in [0.717, 1.165) is 13.1 Å². The first kappa shape index (κ1) is 77.8. The van der Waals surface area contributed by atoms with Gasteiger partial charge in [0.1, 0.15) is 7.91 Å². The summed E-state index contributed by atoms with van der Waals surface area (Å²) < 4.78 is 5.60. The van der Waals surface area contributed by atoms with Crippen LogP contribution in [0.25, 0.3) is 0 Å². The van der Waals surface area contributed by atoms with Crippen LogP contribution in [0.5, 0.6) is 0 Å². The Balaban J connectivity index is 1.26. The lowest BCUT2D eigenvalue weighted by molar-refractivity contribution is 0.589. The minimum absolute atomic E-state index is 0.0214. The van der Waals surface area contributed by atoms with Gasteiger partial charge in [-0.15, -0.1) is 0 Å². The Morgan fingerprint density at radius 1 is 0.231 bits per heavy atom. The molecule has 1 aliphatic heterocycles. The molecule has 10 aromatic carbocycles. The summed E-state index contributed by atoms with van der Waals surface area (Å²) in [7, 11) is 4.91. The van der Waals surface area contributed by atoms with Crippen LogP contribution in [0, 0.1) is 13.8 Å². The first-order valence-electron chi connectivity index (χ1n) is 38.5. The van der Waals surface area contributed by atoms with E-state index < -0.39 is 7.91 Å². The van der Waals surface area contributed by atoms with Gasteiger partial charge in [0.15, 0.2) is 0 Å². The van der Waals surface area contributed by atoms with Gasteiger partial charge >= 0.3 is 0 Å². The van der Waals surface area contributed by atoms with Gasteiger partial charge < -0.3 is 9.34 Å². The maximum absolute atomic E-state index is 6.40. The molecule has 4 heteroatoms. The molecule has 0 spiro atoms. The van der Waals surface area contributed by atoms with E-state index in [2.05, 4.69) is 408 Å². The molecular formula is C100H122N2P2. The summed E-state index contributed by atoms with van der Waals surface area (Å²) in [6.07, 6.45) is 0. The molecule has 11 rings (SSSR count). The van der Waals surface area contributed by atoms with E-state index in [-0.39, 0.29) is 67.0 Å². The number of nitrogens with zero attached hydrogens (tertiary/aromatic N) is 2. The molecule has 1 heterocycles. The average molecular weight is 1410 g/mol. The Kier molecular flexibility index (Phi) is 21.7. The van der Waals surface area contributed by atoms with Gasteiger partial charge in [-0.1, -0.05) is 396 Å². The maximum atomic E-state index is 6.40.